The van der Waals surface area contributed by atoms with Crippen LogP contribution in [-0.4, -0.2) is 39.7 Å². The molecule has 9 atom stereocenters. The summed E-state index contributed by atoms with van der Waals surface area (Å²) in [5.74, 6) is 0.257. The highest BCUT2D eigenvalue weighted by Gasteiger charge is 2.69. The molecule has 0 heterocycles. The van der Waals surface area contributed by atoms with Gasteiger partial charge in [-0.05, 0) is 68.6 Å². The molecule has 162 valence electrons. The average molecular weight is 425 g/mol. The fraction of sp³-hybridized carbons (Fsp3) is 0.870. The zero-order valence-electron chi connectivity index (χ0n) is 17.9. The lowest BCUT2D eigenvalue weighted by molar-refractivity contribution is -0.208. The van der Waals surface area contributed by atoms with Gasteiger partial charge >= 0.3 is 5.97 Å². The molecule has 0 aromatic heterocycles. The molecule has 4 aliphatic carbocycles. The first-order valence-corrected chi connectivity index (χ1v) is 11.5. The van der Waals surface area contributed by atoms with Crippen molar-refractivity contribution in [2.45, 2.75) is 89.7 Å². The summed E-state index contributed by atoms with van der Waals surface area (Å²) < 4.78 is 5.89. The Balaban J connectivity index is 1.78. The van der Waals surface area contributed by atoms with Crippen molar-refractivity contribution in [1.29, 1.82) is 0 Å². The van der Waals surface area contributed by atoms with E-state index in [0.29, 0.717) is 19.3 Å². The minimum atomic E-state index is -1.36. The van der Waals surface area contributed by atoms with E-state index in [1.807, 2.05) is 6.92 Å². The summed E-state index contributed by atoms with van der Waals surface area (Å²) >= 11 is 6.60. The van der Waals surface area contributed by atoms with Crippen LogP contribution in [0.25, 0.3) is 0 Å². The van der Waals surface area contributed by atoms with E-state index in [9.17, 15) is 19.5 Å². The van der Waals surface area contributed by atoms with E-state index >= 15 is 0 Å². The van der Waals surface area contributed by atoms with Crippen molar-refractivity contribution in [3.63, 3.8) is 0 Å². The van der Waals surface area contributed by atoms with Crippen LogP contribution in [0.2, 0.25) is 0 Å². The highest BCUT2D eigenvalue weighted by Crippen LogP contribution is 2.68. The van der Waals surface area contributed by atoms with E-state index in [2.05, 4.69) is 6.92 Å². The second-order valence-corrected chi connectivity index (χ2v) is 11.0. The standard InChI is InChI=1S/C23H33ClO5/c1-12(25)23(28)10-7-15-14-5-6-16-20(24)17(27)8-9-21(16,3)19(14)18(29-13(2)26)11-22(15,23)4/h14-16,18-20,28H,5-11H2,1-4H3/t14-,15-,16-,18+,19+,20+,21-,22-,23-/m0/s1. The second-order valence-electron chi connectivity index (χ2n) is 10.6. The van der Waals surface area contributed by atoms with Crippen LogP contribution in [0.3, 0.4) is 0 Å². The van der Waals surface area contributed by atoms with E-state index < -0.39 is 16.4 Å². The van der Waals surface area contributed by atoms with Gasteiger partial charge in [-0.2, -0.15) is 0 Å². The lowest BCUT2D eigenvalue weighted by Crippen LogP contribution is -2.64. The second kappa shape index (κ2) is 6.78. The van der Waals surface area contributed by atoms with Gasteiger partial charge in [0.15, 0.2) is 11.6 Å². The van der Waals surface area contributed by atoms with Gasteiger partial charge in [0.05, 0.1) is 5.38 Å². The first kappa shape index (κ1) is 21.3. The summed E-state index contributed by atoms with van der Waals surface area (Å²) in [6.45, 7) is 7.14. The number of halogens is 1. The highest BCUT2D eigenvalue weighted by molar-refractivity contribution is 6.31. The molecule has 0 aromatic rings. The largest absolute Gasteiger partial charge is 0.462 e. The Morgan fingerprint density at radius 2 is 1.79 bits per heavy atom. The Morgan fingerprint density at radius 1 is 1.10 bits per heavy atom. The smallest absolute Gasteiger partial charge is 0.302 e. The van der Waals surface area contributed by atoms with Gasteiger partial charge in [-0.3, -0.25) is 14.4 Å². The average Bonchev–Trinajstić information content (AvgIpc) is 2.90. The molecule has 0 saturated heterocycles. The number of hydrogen-bond acceptors (Lipinski definition) is 5. The molecule has 5 nitrogen and oxygen atoms in total. The first-order chi connectivity index (χ1) is 13.5. The number of esters is 1. The number of ether oxygens (including phenoxy) is 1. The van der Waals surface area contributed by atoms with E-state index in [4.69, 9.17) is 16.3 Å². The quantitative estimate of drug-likeness (QED) is 0.540. The topological polar surface area (TPSA) is 80.7 Å². The molecule has 4 fully saturated rings. The van der Waals surface area contributed by atoms with Crippen LogP contribution in [0.5, 0.6) is 0 Å². The zero-order chi connectivity index (χ0) is 21.4. The number of hydrogen-bond donors (Lipinski definition) is 1. The minimum Gasteiger partial charge on any atom is -0.462 e. The maximum atomic E-state index is 12.5. The Labute approximate surface area is 177 Å². The summed E-state index contributed by atoms with van der Waals surface area (Å²) in [5, 5.41) is 10.9. The number of fused-ring (bicyclic) bond motifs is 5. The molecule has 6 heteroatoms. The van der Waals surface area contributed by atoms with Gasteiger partial charge in [-0.15, -0.1) is 11.6 Å². The van der Waals surface area contributed by atoms with Crippen LogP contribution in [-0.2, 0) is 19.1 Å². The van der Waals surface area contributed by atoms with Gasteiger partial charge in [0.2, 0.25) is 0 Å². The van der Waals surface area contributed by atoms with Crippen LogP contribution in [0, 0.1) is 34.5 Å². The molecule has 0 amide bonds. The SMILES string of the molecule is CC(=O)O[C@@H]1C[C@@]2(C)[C@@H](CC[C@]2(O)C(C)=O)[C@@H]2CC[C@H]3[C@@H](Cl)C(=O)CC[C@]3(C)[C@H]21. The molecular weight excluding hydrogens is 392 g/mol. The van der Waals surface area contributed by atoms with Gasteiger partial charge in [0.1, 0.15) is 11.7 Å². The van der Waals surface area contributed by atoms with E-state index in [1.54, 1.807) is 0 Å². The van der Waals surface area contributed by atoms with Crippen molar-refractivity contribution in [3.8, 4) is 0 Å². The number of rotatable bonds is 2. The summed E-state index contributed by atoms with van der Waals surface area (Å²) in [7, 11) is 0. The Hall–Kier alpha value is -0.940. The Bertz CT molecular complexity index is 752. The lowest BCUT2D eigenvalue weighted by Gasteiger charge is -2.63. The normalized spacial score (nSPS) is 51.6. The van der Waals surface area contributed by atoms with E-state index in [1.165, 1.54) is 13.8 Å². The third-order valence-electron chi connectivity index (χ3n) is 9.47. The molecule has 0 bridgehead atoms. The number of alkyl halides is 1. The van der Waals surface area contributed by atoms with Crippen molar-refractivity contribution in [1.82, 2.24) is 0 Å². The molecule has 0 unspecified atom stereocenters. The third kappa shape index (κ3) is 2.79. The van der Waals surface area contributed by atoms with Crippen molar-refractivity contribution < 1.29 is 24.2 Å². The minimum absolute atomic E-state index is 0.0853. The van der Waals surface area contributed by atoms with Gasteiger partial charge in [-0.1, -0.05) is 13.8 Å². The van der Waals surface area contributed by atoms with Crippen molar-refractivity contribution >= 4 is 29.1 Å². The molecule has 0 aromatic carbocycles. The molecule has 29 heavy (non-hydrogen) atoms. The van der Waals surface area contributed by atoms with E-state index in [-0.39, 0.29) is 52.7 Å². The highest BCUT2D eigenvalue weighted by atomic mass is 35.5. The molecular formula is C23H33ClO5. The van der Waals surface area contributed by atoms with Gasteiger partial charge in [-0.25, -0.2) is 0 Å². The predicted octanol–water partition coefficient (Wildman–Crippen LogP) is 3.68. The maximum Gasteiger partial charge on any atom is 0.302 e. The maximum absolute atomic E-state index is 12.5. The fourth-order valence-electron chi connectivity index (χ4n) is 8.09. The van der Waals surface area contributed by atoms with Crippen LogP contribution in [0.4, 0.5) is 0 Å². The summed E-state index contributed by atoms with van der Waals surface area (Å²) in [5.41, 5.74) is -2.15. The molecule has 4 rings (SSSR count). The first-order valence-electron chi connectivity index (χ1n) is 11.0. The molecule has 4 aliphatic rings. The third-order valence-corrected chi connectivity index (χ3v) is 10.0. The van der Waals surface area contributed by atoms with Crippen molar-refractivity contribution in [3.05, 3.63) is 0 Å². The molecule has 4 saturated carbocycles. The zero-order valence-corrected chi connectivity index (χ0v) is 18.6. The number of aliphatic hydroxyl groups is 1. The van der Waals surface area contributed by atoms with Gasteiger partial charge in [0, 0.05) is 24.7 Å². The summed E-state index contributed by atoms with van der Waals surface area (Å²) in [6, 6.07) is 0. The Kier molecular flexibility index (Phi) is 4.98. The fourth-order valence-corrected chi connectivity index (χ4v) is 8.61. The van der Waals surface area contributed by atoms with Crippen molar-refractivity contribution in [2.24, 2.45) is 34.5 Å². The van der Waals surface area contributed by atoms with Crippen LogP contribution in [0.15, 0.2) is 0 Å². The number of ketones is 2. The molecule has 0 spiro atoms. The molecule has 1 N–H and O–H groups in total. The summed E-state index contributed by atoms with van der Waals surface area (Å²) in [6.07, 6.45) is 4.39. The number of carbonyl (C=O) groups excluding carboxylic acids is 3. The summed E-state index contributed by atoms with van der Waals surface area (Å²) in [4.78, 5) is 36.8. The van der Waals surface area contributed by atoms with Gasteiger partial charge in [0.25, 0.3) is 0 Å². The number of carbonyl (C=O) groups is 3. The van der Waals surface area contributed by atoms with Crippen LogP contribution in [0.1, 0.15) is 72.6 Å². The van der Waals surface area contributed by atoms with Crippen LogP contribution < -0.4 is 0 Å². The molecule has 0 aliphatic heterocycles. The number of Topliss-reactive ketones (excluding diaryl/α,β-unsaturated/α-hetero) is 2. The van der Waals surface area contributed by atoms with Gasteiger partial charge < -0.3 is 9.84 Å². The monoisotopic (exact) mass is 424 g/mol. The Morgan fingerprint density at radius 3 is 2.41 bits per heavy atom. The lowest BCUT2D eigenvalue weighted by atomic mass is 9.43. The van der Waals surface area contributed by atoms with E-state index in [0.717, 1.165) is 25.7 Å². The predicted molar refractivity (Wildman–Crippen MR) is 108 cm³/mol. The molecule has 0 radical (unpaired) electrons. The van der Waals surface area contributed by atoms with Crippen LogP contribution >= 0.6 is 11.6 Å². The van der Waals surface area contributed by atoms with Crippen molar-refractivity contribution in [2.75, 3.05) is 0 Å².